The Morgan fingerprint density at radius 2 is 2.19 bits per heavy atom. The predicted molar refractivity (Wildman–Crippen MR) is 65.1 cm³/mol. The van der Waals surface area contributed by atoms with Gasteiger partial charge in [-0.25, -0.2) is 4.98 Å². The van der Waals surface area contributed by atoms with Gasteiger partial charge in [-0.3, -0.25) is 4.79 Å². The minimum absolute atomic E-state index is 0.0448. The number of nitrogens with two attached hydrogens (primary N) is 1. The van der Waals surface area contributed by atoms with Crippen molar-refractivity contribution in [3.63, 3.8) is 0 Å². The molecule has 0 radical (unpaired) electrons. The van der Waals surface area contributed by atoms with E-state index in [4.69, 9.17) is 5.73 Å². The third-order valence-corrected chi connectivity index (χ3v) is 2.15. The number of hydrogen-bond acceptors (Lipinski definition) is 3. The van der Waals surface area contributed by atoms with Gasteiger partial charge in [-0.05, 0) is 39.3 Å². The second kappa shape index (κ2) is 5.07. The minimum atomic E-state index is -0.308. The average molecular weight is 221 g/mol. The molecule has 0 unspecified atom stereocenters. The van der Waals surface area contributed by atoms with Crippen LogP contribution in [-0.4, -0.2) is 16.4 Å². The van der Waals surface area contributed by atoms with Crippen LogP contribution >= 0.6 is 0 Å². The summed E-state index contributed by atoms with van der Waals surface area (Å²) in [7, 11) is 0. The number of nitrogens with one attached hydrogen (secondary N) is 1. The van der Waals surface area contributed by atoms with Gasteiger partial charge in [0.15, 0.2) is 0 Å². The summed E-state index contributed by atoms with van der Waals surface area (Å²) in [6.07, 6.45) is 1.07. The largest absolute Gasteiger partial charge is 0.326 e. The second-order valence-corrected chi connectivity index (χ2v) is 4.70. The Bertz CT molecular complexity index is 369. The average Bonchev–Trinajstić information content (AvgIpc) is 2.14. The van der Waals surface area contributed by atoms with Crippen molar-refractivity contribution in [1.29, 1.82) is 0 Å². The number of amides is 1. The van der Waals surface area contributed by atoms with Gasteiger partial charge in [0, 0.05) is 17.7 Å². The fraction of sp³-hybridized carbons (Fsp3) is 0.500. The zero-order valence-electron chi connectivity index (χ0n) is 10.1. The van der Waals surface area contributed by atoms with E-state index in [2.05, 4.69) is 10.3 Å². The third-order valence-electron chi connectivity index (χ3n) is 2.15. The lowest BCUT2D eigenvalue weighted by molar-refractivity contribution is -0.116. The molecule has 0 saturated carbocycles. The number of aromatic nitrogens is 1. The van der Waals surface area contributed by atoms with E-state index in [-0.39, 0.29) is 11.4 Å². The van der Waals surface area contributed by atoms with Crippen molar-refractivity contribution < 1.29 is 4.79 Å². The molecule has 0 aliphatic heterocycles. The quantitative estimate of drug-likeness (QED) is 0.815. The van der Waals surface area contributed by atoms with E-state index in [0.29, 0.717) is 18.7 Å². The van der Waals surface area contributed by atoms with Gasteiger partial charge in [-0.2, -0.15) is 0 Å². The number of hydrogen-bond donors (Lipinski definition) is 2. The molecule has 1 rings (SSSR count). The molecule has 0 aliphatic carbocycles. The monoisotopic (exact) mass is 221 g/mol. The van der Waals surface area contributed by atoms with E-state index in [0.717, 1.165) is 5.69 Å². The molecule has 1 aromatic rings. The minimum Gasteiger partial charge on any atom is -0.326 e. The van der Waals surface area contributed by atoms with Crippen LogP contribution in [0.1, 0.15) is 32.4 Å². The first-order chi connectivity index (χ1) is 7.37. The first-order valence-corrected chi connectivity index (χ1v) is 5.39. The van der Waals surface area contributed by atoms with Crippen LogP contribution in [0.2, 0.25) is 0 Å². The van der Waals surface area contributed by atoms with Crippen molar-refractivity contribution in [1.82, 2.24) is 4.98 Å². The van der Waals surface area contributed by atoms with E-state index < -0.39 is 0 Å². The first kappa shape index (κ1) is 12.6. The van der Waals surface area contributed by atoms with Crippen LogP contribution in [0.3, 0.4) is 0 Å². The highest BCUT2D eigenvalue weighted by atomic mass is 16.1. The summed E-state index contributed by atoms with van der Waals surface area (Å²) < 4.78 is 0. The van der Waals surface area contributed by atoms with Gasteiger partial charge in [0.05, 0.1) is 0 Å². The van der Waals surface area contributed by atoms with Gasteiger partial charge >= 0.3 is 0 Å². The van der Waals surface area contributed by atoms with Crippen molar-refractivity contribution >= 4 is 11.7 Å². The molecule has 0 bridgehead atoms. The van der Waals surface area contributed by atoms with Gasteiger partial charge in [0.2, 0.25) is 5.91 Å². The molecule has 0 aromatic carbocycles. The maximum Gasteiger partial charge on any atom is 0.225 e. The molecule has 0 spiro atoms. The Morgan fingerprint density at radius 3 is 2.75 bits per heavy atom. The standard InChI is InChI=1S/C12H19N3O/c1-9-5-4-6-10(14-9)15-11(16)7-8-12(2,3)13/h4-6H,7-8,13H2,1-3H3,(H,14,15,16). The molecule has 88 valence electrons. The van der Waals surface area contributed by atoms with Crippen LogP contribution in [0.15, 0.2) is 18.2 Å². The van der Waals surface area contributed by atoms with E-state index in [9.17, 15) is 4.79 Å². The van der Waals surface area contributed by atoms with Crippen LogP contribution in [-0.2, 0) is 4.79 Å². The molecule has 1 amide bonds. The van der Waals surface area contributed by atoms with Gasteiger partial charge in [-0.1, -0.05) is 6.07 Å². The van der Waals surface area contributed by atoms with E-state index >= 15 is 0 Å². The SMILES string of the molecule is Cc1cccc(NC(=O)CCC(C)(C)N)n1. The van der Waals surface area contributed by atoms with Gasteiger partial charge in [-0.15, -0.1) is 0 Å². The summed E-state index contributed by atoms with van der Waals surface area (Å²) in [6.45, 7) is 5.70. The predicted octanol–water partition coefficient (Wildman–Crippen LogP) is 1.85. The van der Waals surface area contributed by atoms with Crippen LogP contribution in [0, 0.1) is 6.92 Å². The zero-order chi connectivity index (χ0) is 12.2. The fourth-order valence-electron chi connectivity index (χ4n) is 1.25. The smallest absolute Gasteiger partial charge is 0.225 e. The molecular weight excluding hydrogens is 202 g/mol. The molecule has 3 N–H and O–H groups in total. The highest BCUT2D eigenvalue weighted by Crippen LogP contribution is 2.09. The van der Waals surface area contributed by atoms with Crippen molar-refractivity contribution in [2.75, 3.05) is 5.32 Å². The number of pyridine rings is 1. The topological polar surface area (TPSA) is 68.0 Å². The number of carbonyl (C=O) groups is 1. The Hall–Kier alpha value is -1.42. The third kappa shape index (κ3) is 4.89. The molecule has 16 heavy (non-hydrogen) atoms. The Balaban J connectivity index is 2.46. The summed E-state index contributed by atoms with van der Waals surface area (Å²) in [5.41, 5.74) is 6.38. The van der Waals surface area contributed by atoms with Crippen molar-refractivity contribution in [2.45, 2.75) is 39.2 Å². The molecule has 1 aromatic heterocycles. The maximum atomic E-state index is 11.6. The molecule has 0 aliphatic rings. The van der Waals surface area contributed by atoms with Crippen molar-refractivity contribution in [3.8, 4) is 0 Å². The lowest BCUT2D eigenvalue weighted by Crippen LogP contribution is -2.33. The van der Waals surface area contributed by atoms with Crippen molar-refractivity contribution in [3.05, 3.63) is 23.9 Å². The summed E-state index contributed by atoms with van der Waals surface area (Å²) in [5.74, 6) is 0.552. The van der Waals surface area contributed by atoms with Gasteiger partial charge < -0.3 is 11.1 Å². The summed E-state index contributed by atoms with van der Waals surface area (Å²) in [4.78, 5) is 15.8. The Kier molecular flexibility index (Phi) is 4.01. The normalized spacial score (nSPS) is 11.2. The molecule has 0 atom stereocenters. The van der Waals surface area contributed by atoms with E-state index in [1.54, 1.807) is 6.07 Å². The van der Waals surface area contributed by atoms with E-state index in [1.807, 2.05) is 32.9 Å². The first-order valence-electron chi connectivity index (χ1n) is 5.39. The lowest BCUT2D eigenvalue weighted by atomic mass is 10.00. The molecule has 1 heterocycles. The number of anilines is 1. The number of carbonyl (C=O) groups excluding carboxylic acids is 1. The molecule has 0 saturated heterocycles. The van der Waals surface area contributed by atoms with Crippen LogP contribution in [0.4, 0.5) is 5.82 Å². The molecule has 4 heteroatoms. The number of nitrogens with zero attached hydrogens (tertiary/aromatic N) is 1. The molecule has 4 nitrogen and oxygen atoms in total. The molecular formula is C12H19N3O. The zero-order valence-corrected chi connectivity index (χ0v) is 10.1. The van der Waals surface area contributed by atoms with Crippen LogP contribution in [0.25, 0.3) is 0 Å². The maximum absolute atomic E-state index is 11.6. The van der Waals surface area contributed by atoms with Crippen molar-refractivity contribution in [2.24, 2.45) is 5.73 Å². The summed E-state index contributed by atoms with van der Waals surface area (Å²) >= 11 is 0. The second-order valence-electron chi connectivity index (χ2n) is 4.70. The van der Waals surface area contributed by atoms with Gasteiger partial charge in [0.25, 0.3) is 0 Å². The van der Waals surface area contributed by atoms with E-state index in [1.165, 1.54) is 0 Å². The highest BCUT2D eigenvalue weighted by molar-refractivity contribution is 5.89. The number of rotatable bonds is 4. The van der Waals surface area contributed by atoms with Crippen LogP contribution < -0.4 is 11.1 Å². The molecule has 0 fully saturated rings. The Morgan fingerprint density at radius 1 is 1.50 bits per heavy atom. The Labute approximate surface area is 96.3 Å². The summed E-state index contributed by atoms with van der Waals surface area (Å²) in [5, 5.41) is 2.75. The summed E-state index contributed by atoms with van der Waals surface area (Å²) in [6, 6.07) is 5.53. The van der Waals surface area contributed by atoms with Crippen LogP contribution in [0.5, 0.6) is 0 Å². The highest BCUT2D eigenvalue weighted by Gasteiger charge is 2.13. The van der Waals surface area contributed by atoms with Gasteiger partial charge in [0.1, 0.15) is 5.82 Å². The fourth-order valence-corrected chi connectivity index (χ4v) is 1.25. The lowest BCUT2D eigenvalue weighted by Gasteiger charge is -2.17. The number of aryl methyl sites for hydroxylation is 1.